The Kier molecular flexibility index (Phi) is 4.91. The second kappa shape index (κ2) is 7.11. The van der Waals surface area contributed by atoms with Gasteiger partial charge in [-0.2, -0.15) is 5.10 Å². The largest absolute Gasteiger partial charge is 0.337 e. The predicted molar refractivity (Wildman–Crippen MR) is 100 cm³/mol. The maximum absolute atomic E-state index is 12.6. The number of halogens is 1. The minimum absolute atomic E-state index is 0.0122. The Morgan fingerprint density at radius 1 is 1.08 bits per heavy atom. The highest BCUT2D eigenvalue weighted by Crippen LogP contribution is 2.22. The molecule has 128 valence electrons. The average Bonchev–Trinajstić information content (AvgIpc) is 2.89. The number of hydrogen-bond acceptors (Lipinski definition) is 2. The van der Waals surface area contributed by atoms with Crippen LogP contribution in [0.1, 0.15) is 27.3 Å². The highest BCUT2D eigenvalue weighted by atomic mass is 35.5. The van der Waals surface area contributed by atoms with Crippen molar-refractivity contribution in [2.75, 3.05) is 7.05 Å². The van der Waals surface area contributed by atoms with E-state index < -0.39 is 0 Å². The minimum atomic E-state index is -0.0122. The molecule has 1 heterocycles. The first-order valence-electron chi connectivity index (χ1n) is 8.09. The second-order valence-corrected chi connectivity index (χ2v) is 6.47. The van der Waals surface area contributed by atoms with Gasteiger partial charge in [-0.25, -0.2) is 4.68 Å². The second-order valence-electron chi connectivity index (χ2n) is 6.09. The van der Waals surface area contributed by atoms with E-state index in [2.05, 4.69) is 5.10 Å². The van der Waals surface area contributed by atoms with E-state index in [1.54, 1.807) is 9.58 Å². The standard InChI is InChI=1S/C20H20ClN3O/c1-14-19(21)15(2)24(22-14)18-11-9-17(10-12-18)20(25)23(3)13-16-7-5-4-6-8-16/h4-12H,13H2,1-3H3. The van der Waals surface area contributed by atoms with Gasteiger partial charge in [-0.1, -0.05) is 41.9 Å². The first kappa shape index (κ1) is 17.2. The molecule has 2 aromatic carbocycles. The van der Waals surface area contributed by atoms with Crippen molar-refractivity contribution in [3.05, 3.63) is 82.1 Å². The molecule has 0 radical (unpaired) electrons. The van der Waals surface area contributed by atoms with E-state index in [9.17, 15) is 4.79 Å². The number of benzene rings is 2. The Morgan fingerprint density at radius 2 is 1.72 bits per heavy atom. The first-order chi connectivity index (χ1) is 12.0. The van der Waals surface area contributed by atoms with Crippen molar-refractivity contribution in [2.24, 2.45) is 0 Å². The van der Waals surface area contributed by atoms with Crippen LogP contribution in [-0.4, -0.2) is 27.6 Å². The van der Waals surface area contributed by atoms with E-state index in [0.717, 1.165) is 22.6 Å². The summed E-state index contributed by atoms with van der Waals surface area (Å²) in [5.74, 6) is -0.0122. The molecule has 0 bridgehead atoms. The molecule has 0 aliphatic heterocycles. The first-order valence-corrected chi connectivity index (χ1v) is 8.46. The average molecular weight is 354 g/mol. The molecule has 3 aromatic rings. The van der Waals surface area contributed by atoms with Crippen molar-refractivity contribution in [3.63, 3.8) is 0 Å². The predicted octanol–water partition coefficient (Wildman–Crippen LogP) is 4.41. The monoisotopic (exact) mass is 353 g/mol. The van der Waals surface area contributed by atoms with Gasteiger partial charge < -0.3 is 4.90 Å². The molecule has 1 aromatic heterocycles. The third kappa shape index (κ3) is 3.59. The van der Waals surface area contributed by atoms with Crippen molar-refractivity contribution in [1.82, 2.24) is 14.7 Å². The molecule has 3 rings (SSSR count). The number of nitrogens with zero attached hydrogens (tertiary/aromatic N) is 3. The molecule has 1 amide bonds. The molecule has 5 heteroatoms. The number of rotatable bonds is 4. The van der Waals surface area contributed by atoms with Crippen LogP contribution >= 0.6 is 11.6 Å². The van der Waals surface area contributed by atoms with Crippen LogP contribution < -0.4 is 0 Å². The van der Waals surface area contributed by atoms with Crippen LogP contribution in [0.2, 0.25) is 5.02 Å². The Hall–Kier alpha value is -2.59. The maximum atomic E-state index is 12.6. The lowest BCUT2D eigenvalue weighted by molar-refractivity contribution is 0.0785. The Bertz CT molecular complexity index is 885. The Labute approximate surface area is 152 Å². The number of hydrogen-bond donors (Lipinski definition) is 0. The van der Waals surface area contributed by atoms with Crippen molar-refractivity contribution in [2.45, 2.75) is 20.4 Å². The fourth-order valence-corrected chi connectivity index (χ4v) is 2.89. The van der Waals surface area contributed by atoms with E-state index in [1.807, 2.05) is 75.5 Å². The zero-order valence-corrected chi connectivity index (χ0v) is 15.3. The van der Waals surface area contributed by atoms with Crippen molar-refractivity contribution < 1.29 is 4.79 Å². The summed E-state index contributed by atoms with van der Waals surface area (Å²) >= 11 is 6.20. The number of aryl methyl sites for hydroxylation is 1. The molecule has 0 saturated carbocycles. The maximum Gasteiger partial charge on any atom is 0.253 e. The van der Waals surface area contributed by atoms with Crippen LogP contribution in [0.4, 0.5) is 0 Å². The molecule has 0 saturated heterocycles. The van der Waals surface area contributed by atoms with E-state index in [1.165, 1.54) is 0 Å². The van der Waals surface area contributed by atoms with Crippen LogP contribution in [0, 0.1) is 13.8 Å². The molecule has 0 N–H and O–H groups in total. The zero-order chi connectivity index (χ0) is 18.0. The van der Waals surface area contributed by atoms with Gasteiger partial charge in [0.1, 0.15) is 0 Å². The van der Waals surface area contributed by atoms with E-state index >= 15 is 0 Å². The number of carbonyl (C=O) groups is 1. The van der Waals surface area contributed by atoms with Gasteiger partial charge in [0.2, 0.25) is 0 Å². The SMILES string of the molecule is Cc1nn(-c2ccc(C(=O)N(C)Cc3ccccc3)cc2)c(C)c1Cl. The lowest BCUT2D eigenvalue weighted by Crippen LogP contribution is -2.26. The Morgan fingerprint density at radius 3 is 2.28 bits per heavy atom. The molecular weight excluding hydrogens is 334 g/mol. The summed E-state index contributed by atoms with van der Waals surface area (Å²) in [5, 5.41) is 5.10. The highest BCUT2D eigenvalue weighted by molar-refractivity contribution is 6.31. The van der Waals surface area contributed by atoms with Gasteiger partial charge in [0.25, 0.3) is 5.91 Å². The van der Waals surface area contributed by atoms with Crippen LogP contribution in [0.15, 0.2) is 54.6 Å². The molecule has 25 heavy (non-hydrogen) atoms. The summed E-state index contributed by atoms with van der Waals surface area (Å²) in [6, 6.07) is 17.4. The molecule has 0 unspecified atom stereocenters. The van der Waals surface area contributed by atoms with Gasteiger partial charge in [-0.3, -0.25) is 4.79 Å². The quantitative estimate of drug-likeness (QED) is 0.696. The molecule has 4 nitrogen and oxygen atoms in total. The zero-order valence-electron chi connectivity index (χ0n) is 14.5. The van der Waals surface area contributed by atoms with Gasteiger partial charge >= 0.3 is 0 Å². The summed E-state index contributed by atoms with van der Waals surface area (Å²) in [7, 11) is 1.81. The highest BCUT2D eigenvalue weighted by Gasteiger charge is 2.14. The smallest absolute Gasteiger partial charge is 0.253 e. The lowest BCUT2D eigenvalue weighted by Gasteiger charge is -2.17. The summed E-state index contributed by atoms with van der Waals surface area (Å²) in [6.45, 7) is 4.38. The molecular formula is C20H20ClN3O. The molecule has 0 fully saturated rings. The van der Waals surface area contributed by atoms with E-state index in [0.29, 0.717) is 17.1 Å². The van der Waals surface area contributed by atoms with Crippen LogP contribution in [0.5, 0.6) is 0 Å². The fraction of sp³-hybridized carbons (Fsp3) is 0.200. The van der Waals surface area contributed by atoms with Crippen molar-refractivity contribution >= 4 is 17.5 Å². The van der Waals surface area contributed by atoms with E-state index in [-0.39, 0.29) is 5.91 Å². The molecule has 0 atom stereocenters. The summed E-state index contributed by atoms with van der Waals surface area (Å²) in [6.07, 6.45) is 0. The third-order valence-electron chi connectivity index (χ3n) is 4.17. The molecule has 0 spiro atoms. The number of amides is 1. The van der Waals surface area contributed by atoms with Crippen LogP contribution in [0.3, 0.4) is 0 Å². The summed E-state index contributed by atoms with van der Waals surface area (Å²) < 4.78 is 1.79. The van der Waals surface area contributed by atoms with Crippen molar-refractivity contribution in [1.29, 1.82) is 0 Å². The van der Waals surface area contributed by atoms with Gasteiger partial charge in [0.15, 0.2) is 0 Å². The summed E-state index contributed by atoms with van der Waals surface area (Å²) in [4.78, 5) is 14.3. The van der Waals surface area contributed by atoms with Gasteiger partial charge in [-0.15, -0.1) is 0 Å². The van der Waals surface area contributed by atoms with Crippen LogP contribution in [-0.2, 0) is 6.54 Å². The summed E-state index contributed by atoms with van der Waals surface area (Å²) in [5.41, 5.74) is 4.32. The van der Waals surface area contributed by atoms with Gasteiger partial charge in [0.05, 0.1) is 22.1 Å². The minimum Gasteiger partial charge on any atom is -0.337 e. The topological polar surface area (TPSA) is 38.1 Å². The fourth-order valence-electron chi connectivity index (χ4n) is 2.77. The van der Waals surface area contributed by atoms with E-state index in [4.69, 9.17) is 11.6 Å². The Balaban J connectivity index is 1.77. The third-order valence-corrected chi connectivity index (χ3v) is 4.72. The van der Waals surface area contributed by atoms with Gasteiger partial charge in [-0.05, 0) is 43.7 Å². The lowest BCUT2D eigenvalue weighted by atomic mass is 10.1. The van der Waals surface area contributed by atoms with Gasteiger partial charge in [0, 0.05) is 19.2 Å². The normalized spacial score (nSPS) is 10.7. The van der Waals surface area contributed by atoms with Crippen molar-refractivity contribution in [3.8, 4) is 5.69 Å². The number of carbonyl (C=O) groups excluding carboxylic acids is 1. The molecule has 0 aliphatic carbocycles. The van der Waals surface area contributed by atoms with Crippen LogP contribution in [0.25, 0.3) is 5.69 Å². The number of aromatic nitrogens is 2. The molecule has 0 aliphatic rings.